The summed E-state index contributed by atoms with van der Waals surface area (Å²) in [5, 5.41) is 2.17. The smallest absolute Gasteiger partial charge is 0.0991 e. The molecule has 0 atom stereocenters. The SMILES string of the molecule is CSc1ccccc1N(C)Cc1cc(-n2ccnc2)cs1. The first-order chi connectivity index (χ1) is 10.3. The predicted molar refractivity (Wildman–Crippen MR) is 91.8 cm³/mol. The van der Waals surface area contributed by atoms with Gasteiger partial charge in [-0.3, -0.25) is 0 Å². The lowest BCUT2D eigenvalue weighted by atomic mass is 10.3. The highest BCUT2D eigenvalue weighted by molar-refractivity contribution is 7.98. The van der Waals surface area contributed by atoms with Gasteiger partial charge in [0.25, 0.3) is 0 Å². The molecule has 0 amide bonds. The van der Waals surface area contributed by atoms with Crippen molar-refractivity contribution in [2.45, 2.75) is 11.4 Å². The highest BCUT2D eigenvalue weighted by Crippen LogP contribution is 2.29. The molecule has 0 saturated heterocycles. The van der Waals surface area contributed by atoms with Crippen molar-refractivity contribution in [3.8, 4) is 5.69 Å². The molecule has 2 aromatic heterocycles. The second-order valence-electron chi connectivity index (χ2n) is 4.77. The summed E-state index contributed by atoms with van der Waals surface area (Å²) in [6.45, 7) is 0.914. The fourth-order valence-electron chi connectivity index (χ4n) is 2.26. The van der Waals surface area contributed by atoms with Crippen LogP contribution in [0.5, 0.6) is 0 Å². The van der Waals surface area contributed by atoms with Crippen molar-refractivity contribution in [2.24, 2.45) is 0 Å². The first-order valence-corrected chi connectivity index (χ1v) is 8.78. The van der Waals surface area contributed by atoms with E-state index in [-0.39, 0.29) is 0 Å². The van der Waals surface area contributed by atoms with Crippen LogP contribution in [0.1, 0.15) is 4.88 Å². The fourth-order valence-corrected chi connectivity index (χ4v) is 3.83. The van der Waals surface area contributed by atoms with E-state index in [1.165, 1.54) is 21.1 Å². The minimum atomic E-state index is 0.914. The zero-order valence-corrected chi connectivity index (χ0v) is 13.7. The summed E-state index contributed by atoms with van der Waals surface area (Å²) < 4.78 is 2.04. The molecule has 0 aliphatic rings. The predicted octanol–water partition coefficient (Wildman–Crippen LogP) is 4.29. The van der Waals surface area contributed by atoms with Crippen LogP contribution in [0, 0.1) is 0 Å². The van der Waals surface area contributed by atoms with Crippen LogP contribution < -0.4 is 4.90 Å². The monoisotopic (exact) mass is 315 g/mol. The number of imidazole rings is 1. The molecular weight excluding hydrogens is 298 g/mol. The Morgan fingerprint density at radius 3 is 2.95 bits per heavy atom. The van der Waals surface area contributed by atoms with Gasteiger partial charge in [0.2, 0.25) is 0 Å². The molecule has 1 aromatic carbocycles. The highest BCUT2D eigenvalue weighted by atomic mass is 32.2. The molecule has 0 saturated carbocycles. The van der Waals surface area contributed by atoms with E-state index in [0.29, 0.717) is 0 Å². The molecule has 0 aliphatic heterocycles. The lowest BCUT2D eigenvalue weighted by molar-refractivity contribution is 0.924. The van der Waals surface area contributed by atoms with Gasteiger partial charge in [-0.15, -0.1) is 23.1 Å². The summed E-state index contributed by atoms with van der Waals surface area (Å²) in [4.78, 5) is 9.05. The number of nitrogens with zero attached hydrogens (tertiary/aromatic N) is 3. The standard InChI is InChI=1S/C16H17N3S2/c1-18(15-5-3-4-6-16(15)20-2)10-14-9-13(11-21-14)19-8-7-17-12-19/h3-9,11-12H,10H2,1-2H3. The van der Waals surface area contributed by atoms with Gasteiger partial charge < -0.3 is 9.47 Å². The molecule has 108 valence electrons. The zero-order valence-electron chi connectivity index (χ0n) is 12.1. The zero-order chi connectivity index (χ0) is 14.7. The molecule has 5 heteroatoms. The Labute approximate surface area is 133 Å². The molecule has 0 aliphatic carbocycles. The van der Waals surface area contributed by atoms with E-state index in [4.69, 9.17) is 0 Å². The van der Waals surface area contributed by atoms with Crippen molar-refractivity contribution in [3.05, 3.63) is 59.3 Å². The number of thioether (sulfide) groups is 1. The third kappa shape index (κ3) is 3.14. The molecule has 2 heterocycles. The van der Waals surface area contributed by atoms with Crippen molar-refractivity contribution in [1.82, 2.24) is 9.55 Å². The van der Waals surface area contributed by atoms with Gasteiger partial charge in [-0.2, -0.15) is 0 Å². The first kappa shape index (κ1) is 14.2. The van der Waals surface area contributed by atoms with E-state index in [9.17, 15) is 0 Å². The first-order valence-electron chi connectivity index (χ1n) is 6.68. The molecule has 3 rings (SSSR count). The van der Waals surface area contributed by atoms with E-state index in [1.807, 2.05) is 17.1 Å². The van der Waals surface area contributed by atoms with E-state index in [1.54, 1.807) is 29.3 Å². The van der Waals surface area contributed by atoms with Gasteiger partial charge in [-0.25, -0.2) is 4.98 Å². The number of hydrogen-bond acceptors (Lipinski definition) is 4. The summed E-state index contributed by atoms with van der Waals surface area (Å²) in [7, 11) is 2.14. The van der Waals surface area contributed by atoms with Gasteiger partial charge in [0.15, 0.2) is 0 Å². The summed E-state index contributed by atoms with van der Waals surface area (Å²) in [6.07, 6.45) is 7.73. The largest absolute Gasteiger partial charge is 0.369 e. The van der Waals surface area contributed by atoms with Gasteiger partial charge in [-0.05, 0) is 24.5 Å². The number of benzene rings is 1. The minimum absolute atomic E-state index is 0.914. The van der Waals surface area contributed by atoms with Gasteiger partial charge in [-0.1, -0.05) is 12.1 Å². The van der Waals surface area contributed by atoms with E-state index < -0.39 is 0 Å². The third-order valence-corrected chi connectivity index (χ3v) is 5.03. The Kier molecular flexibility index (Phi) is 4.31. The summed E-state index contributed by atoms with van der Waals surface area (Å²) >= 11 is 3.57. The molecule has 0 N–H and O–H groups in total. The number of rotatable bonds is 5. The van der Waals surface area contributed by atoms with Gasteiger partial charge in [0, 0.05) is 34.6 Å². The molecule has 0 unspecified atom stereocenters. The minimum Gasteiger partial charge on any atom is -0.369 e. The summed E-state index contributed by atoms with van der Waals surface area (Å²) in [6, 6.07) is 10.8. The molecule has 3 aromatic rings. The quantitative estimate of drug-likeness (QED) is 0.655. The van der Waals surface area contributed by atoms with E-state index in [2.05, 4.69) is 58.9 Å². The van der Waals surface area contributed by atoms with Crippen molar-refractivity contribution < 1.29 is 0 Å². The third-order valence-electron chi connectivity index (χ3n) is 3.33. The Morgan fingerprint density at radius 2 is 2.19 bits per heavy atom. The topological polar surface area (TPSA) is 21.1 Å². The van der Waals surface area contributed by atoms with Crippen molar-refractivity contribution in [3.63, 3.8) is 0 Å². The summed E-state index contributed by atoms with van der Waals surface area (Å²) in [5.41, 5.74) is 2.46. The summed E-state index contributed by atoms with van der Waals surface area (Å²) in [5.74, 6) is 0. The lowest BCUT2D eigenvalue weighted by Crippen LogP contribution is -2.16. The molecule has 0 bridgehead atoms. The van der Waals surface area contributed by atoms with Gasteiger partial charge in [0.05, 0.1) is 24.2 Å². The highest BCUT2D eigenvalue weighted by Gasteiger charge is 2.09. The van der Waals surface area contributed by atoms with Gasteiger partial charge >= 0.3 is 0 Å². The Balaban J connectivity index is 1.77. The normalized spacial score (nSPS) is 10.8. The fraction of sp³-hybridized carbons (Fsp3) is 0.188. The Morgan fingerprint density at radius 1 is 1.33 bits per heavy atom. The Bertz CT molecular complexity index is 704. The van der Waals surface area contributed by atoms with Crippen LogP contribution in [0.3, 0.4) is 0 Å². The van der Waals surface area contributed by atoms with Crippen LogP contribution in [-0.2, 0) is 6.54 Å². The maximum absolute atomic E-state index is 4.09. The number of hydrogen-bond donors (Lipinski definition) is 0. The molecule has 0 radical (unpaired) electrons. The van der Waals surface area contributed by atoms with Crippen LogP contribution >= 0.6 is 23.1 Å². The van der Waals surface area contributed by atoms with Crippen molar-refractivity contribution in [1.29, 1.82) is 0 Å². The maximum atomic E-state index is 4.09. The van der Waals surface area contributed by atoms with Crippen LogP contribution in [0.15, 0.2) is 59.3 Å². The average molecular weight is 315 g/mol. The van der Waals surface area contributed by atoms with Crippen LogP contribution in [-0.4, -0.2) is 22.9 Å². The number of aromatic nitrogens is 2. The number of thiophene rings is 1. The molecule has 21 heavy (non-hydrogen) atoms. The maximum Gasteiger partial charge on any atom is 0.0991 e. The van der Waals surface area contributed by atoms with Gasteiger partial charge in [0.1, 0.15) is 0 Å². The van der Waals surface area contributed by atoms with Crippen LogP contribution in [0.25, 0.3) is 5.69 Å². The van der Waals surface area contributed by atoms with Crippen LogP contribution in [0.4, 0.5) is 5.69 Å². The van der Waals surface area contributed by atoms with Crippen molar-refractivity contribution >= 4 is 28.8 Å². The lowest BCUT2D eigenvalue weighted by Gasteiger charge is -2.21. The molecular formula is C16H17N3S2. The van der Waals surface area contributed by atoms with E-state index >= 15 is 0 Å². The molecule has 0 spiro atoms. The molecule has 0 fully saturated rings. The second-order valence-corrected chi connectivity index (χ2v) is 6.61. The van der Waals surface area contributed by atoms with Crippen LogP contribution in [0.2, 0.25) is 0 Å². The number of anilines is 1. The van der Waals surface area contributed by atoms with E-state index in [0.717, 1.165) is 6.54 Å². The second kappa shape index (κ2) is 6.37. The Hall–Kier alpha value is -1.72. The average Bonchev–Trinajstić information content (AvgIpc) is 3.17. The molecule has 3 nitrogen and oxygen atoms in total. The number of para-hydroxylation sites is 1. The van der Waals surface area contributed by atoms with Crippen molar-refractivity contribution in [2.75, 3.05) is 18.2 Å².